The molecule has 0 spiro atoms. The van der Waals surface area contributed by atoms with Crippen LogP contribution in [0, 0.1) is 11.8 Å². The number of amides is 3. The van der Waals surface area contributed by atoms with E-state index in [4.69, 9.17) is 0 Å². The lowest BCUT2D eigenvalue weighted by atomic mass is 10.2. The second-order valence-corrected chi connectivity index (χ2v) is 6.53. The van der Waals surface area contributed by atoms with Crippen LogP contribution in [-0.4, -0.2) is 35.7 Å². The van der Waals surface area contributed by atoms with Crippen LogP contribution >= 0.6 is 0 Å². The molecule has 0 saturated heterocycles. The van der Waals surface area contributed by atoms with E-state index in [9.17, 15) is 14.4 Å². The van der Waals surface area contributed by atoms with Gasteiger partial charge in [-0.25, -0.2) is 0 Å². The van der Waals surface area contributed by atoms with Gasteiger partial charge < -0.3 is 15.5 Å². The van der Waals surface area contributed by atoms with Crippen molar-refractivity contribution in [1.82, 2.24) is 4.90 Å². The molecule has 1 saturated carbocycles. The molecule has 2 N–H and O–H groups in total. The van der Waals surface area contributed by atoms with Crippen molar-refractivity contribution >= 4 is 29.1 Å². The zero-order valence-corrected chi connectivity index (χ0v) is 15.2. The summed E-state index contributed by atoms with van der Waals surface area (Å²) < 4.78 is 0. The van der Waals surface area contributed by atoms with E-state index < -0.39 is 0 Å². The van der Waals surface area contributed by atoms with Gasteiger partial charge in [-0.05, 0) is 37.5 Å². The lowest BCUT2D eigenvalue weighted by molar-refractivity contribution is -0.134. The molecule has 2 unspecified atom stereocenters. The highest BCUT2D eigenvalue weighted by Crippen LogP contribution is 2.41. The number of carbonyl (C=O) groups is 3. The van der Waals surface area contributed by atoms with Crippen molar-refractivity contribution in [3.63, 3.8) is 0 Å². The van der Waals surface area contributed by atoms with Crippen LogP contribution in [0.4, 0.5) is 11.4 Å². The van der Waals surface area contributed by atoms with E-state index in [0.29, 0.717) is 17.8 Å². The minimum atomic E-state index is -0.256. The lowest BCUT2D eigenvalue weighted by Gasteiger charge is -2.21. The average Bonchev–Trinajstić information content (AvgIpc) is 3.34. The Bertz CT molecular complexity index is 639. The minimum Gasteiger partial charge on any atom is -0.342 e. The molecule has 0 aromatic heterocycles. The van der Waals surface area contributed by atoms with Gasteiger partial charge in [-0.15, -0.1) is 0 Å². The summed E-state index contributed by atoms with van der Waals surface area (Å²) in [4.78, 5) is 37.9. The lowest BCUT2D eigenvalue weighted by Crippen LogP contribution is -2.34. The first-order valence-electron chi connectivity index (χ1n) is 8.93. The van der Waals surface area contributed by atoms with E-state index in [1.807, 2.05) is 4.90 Å². The van der Waals surface area contributed by atoms with Crippen molar-refractivity contribution in [3.05, 3.63) is 24.3 Å². The second-order valence-electron chi connectivity index (χ2n) is 6.53. The Kier molecular flexibility index (Phi) is 6.56. The first-order chi connectivity index (χ1) is 12.0. The summed E-state index contributed by atoms with van der Waals surface area (Å²) in [5.74, 6) is -0.657. The fourth-order valence-corrected chi connectivity index (χ4v) is 2.98. The van der Waals surface area contributed by atoms with Gasteiger partial charge in [-0.1, -0.05) is 19.9 Å². The largest absolute Gasteiger partial charge is 0.342 e. The molecule has 1 aromatic rings. The number of nitrogens with one attached hydrogen (secondary N) is 2. The number of hydrogen-bond acceptors (Lipinski definition) is 3. The van der Waals surface area contributed by atoms with Crippen LogP contribution in [0.15, 0.2) is 24.3 Å². The molecule has 0 bridgehead atoms. The normalized spacial score (nSPS) is 18.4. The molecule has 0 heterocycles. The third-order valence-electron chi connectivity index (χ3n) is 4.19. The minimum absolute atomic E-state index is 0.0934. The molecule has 2 rings (SSSR count). The number of anilines is 2. The molecule has 1 fully saturated rings. The van der Waals surface area contributed by atoms with E-state index in [-0.39, 0.29) is 29.6 Å². The molecule has 25 heavy (non-hydrogen) atoms. The quantitative estimate of drug-likeness (QED) is 0.760. The molecule has 6 heteroatoms. The first-order valence-corrected chi connectivity index (χ1v) is 8.93. The van der Waals surface area contributed by atoms with E-state index in [1.165, 1.54) is 6.92 Å². The molecule has 0 radical (unpaired) electrons. The van der Waals surface area contributed by atoms with Crippen LogP contribution in [0.3, 0.4) is 0 Å². The van der Waals surface area contributed by atoms with Gasteiger partial charge >= 0.3 is 0 Å². The molecule has 3 amide bonds. The molecule has 6 nitrogen and oxygen atoms in total. The van der Waals surface area contributed by atoms with Crippen LogP contribution in [0.2, 0.25) is 0 Å². The summed E-state index contributed by atoms with van der Waals surface area (Å²) in [6.45, 7) is 7.03. The number of benzene rings is 1. The molecular formula is C19H27N3O3. The van der Waals surface area contributed by atoms with Crippen molar-refractivity contribution < 1.29 is 14.4 Å². The Morgan fingerprint density at radius 2 is 1.64 bits per heavy atom. The van der Waals surface area contributed by atoms with Crippen molar-refractivity contribution in [3.8, 4) is 0 Å². The summed E-state index contributed by atoms with van der Waals surface area (Å²) in [6, 6.07) is 7.00. The first kappa shape index (κ1) is 19.0. The van der Waals surface area contributed by atoms with Gasteiger partial charge in [-0.2, -0.15) is 0 Å². The molecule has 1 aromatic carbocycles. The van der Waals surface area contributed by atoms with Gasteiger partial charge in [0.1, 0.15) is 0 Å². The summed E-state index contributed by atoms with van der Waals surface area (Å²) in [5, 5.41) is 5.53. The number of nitrogens with zero attached hydrogens (tertiary/aromatic N) is 1. The maximum Gasteiger partial charge on any atom is 0.228 e. The average molecular weight is 345 g/mol. The zero-order chi connectivity index (χ0) is 18.4. The van der Waals surface area contributed by atoms with Crippen LogP contribution in [-0.2, 0) is 14.4 Å². The summed E-state index contributed by atoms with van der Waals surface area (Å²) >= 11 is 0. The van der Waals surface area contributed by atoms with Crippen molar-refractivity contribution in [2.24, 2.45) is 11.8 Å². The SMILES string of the molecule is CCCN(CCC)C(=O)C1CC1C(=O)Nc1cccc(NC(C)=O)c1. The van der Waals surface area contributed by atoms with Crippen molar-refractivity contribution in [1.29, 1.82) is 0 Å². The fourth-order valence-electron chi connectivity index (χ4n) is 2.98. The summed E-state index contributed by atoms with van der Waals surface area (Å²) in [6.07, 6.45) is 2.45. The highest BCUT2D eigenvalue weighted by atomic mass is 16.2. The predicted molar refractivity (Wildman–Crippen MR) is 98.1 cm³/mol. The topological polar surface area (TPSA) is 78.5 Å². The summed E-state index contributed by atoms with van der Waals surface area (Å²) in [5.41, 5.74) is 1.25. The Balaban J connectivity index is 1.92. The standard InChI is InChI=1S/C19H27N3O3/c1-4-9-22(10-5-2)19(25)17-12-16(17)18(24)21-15-8-6-7-14(11-15)20-13(3)23/h6-8,11,16-17H,4-5,9-10,12H2,1-3H3,(H,20,23)(H,21,24). The second kappa shape index (κ2) is 8.65. The Labute approximate surface area is 149 Å². The van der Waals surface area contributed by atoms with E-state index in [0.717, 1.165) is 25.9 Å². The predicted octanol–water partition coefficient (Wildman–Crippen LogP) is 2.87. The highest BCUT2D eigenvalue weighted by molar-refractivity contribution is 6.00. The maximum absolute atomic E-state index is 12.5. The molecule has 0 aliphatic heterocycles. The van der Waals surface area contributed by atoms with Crippen LogP contribution in [0.5, 0.6) is 0 Å². The molecule has 136 valence electrons. The number of rotatable bonds is 8. The Morgan fingerprint density at radius 1 is 1.04 bits per heavy atom. The van der Waals surface area contributed by atoms with Gasteiger partial charge in [-0.3, -0.25) is 14.4 Å². The van der Waals surface area contributed by atoms with Gasteiger partial charge in [0.05, 0.1) is 11.8 Å². The monoisotopic (exact) mass is 345 g/mol. The Morgan fingerprint density at radius 3 is 2.20 bits per heavy atom. The fraction of sp³-hybridized carbons (Fsp3) is 0.526. The van der Waals surface area contributed by atoms with Crippen molar-refractivity contribution in [2.75, 3.05) is 23.7 Å². The van der Waals surface area contributed by atoms with Crippen LogP contribution in [0.25, 0.3) is 0 Å². The number of hydrogen-bond donors (Lipinski definition) is 2. The van der Waals surface area contributed by atoms with Crippen LogP contribution < -0.4 is 10.6 Å². The molecule has 1 aliphatic carbocycles. The third kappa shape index (κ3) is 5.31. The zero-order valence-electron chi connectivity index (χ0n) is 15.2. The van der Waals surface area contributed by atoms with Crippen molar-refractivity contribution in [2.45, 2.75) is 40.0 Å². The molecule has 1 aliphatic rings. The van der Waals surface area contributed by atoms with Gasteiger partial charge in [0.2, 0.25) is 17.7 Å². The molecular weight excluding hydrogens is 318 g/mol. The van der Waals surface area contributed by atoms with Gasteiger partial charge in [0.15, 0.2) is 0 Å². The third-order valence-corrected chi connectivity index (χ3v) is 4.19. The van der Waals surface area contributed by atoms with Gasteiger partial charge in [0, 0.05) is 31.4 Å². The van der Waals surface area contributed by atoms with Gasteiger partial charge in [0.25, 0.3) is 0 Å². The smallest absolute Gasteiger partial charge is 0.228 e. The number of carbonyl (C=O) groups excluding carboxylic acids is 3. The highest BCUT2D eigenvalue weighted by Gasteiger charge is 2.49. The van der Waals surface area contributed by atoms with E-state index >= 15 is 0 Å². The molecule has 2 atom stereocenters. The summed E-state index contributed by atoms with van der Waals surface area (Å²) in [7, 11) is 0. The van der Waals surface area contributed by atoms with E-state index in [1.54, 1.807) is 24.3 Å². The van der Waals surface area contributed by atoms with Crippen LogP contribution in [0.1, 0.15) is 40.0 Å². The maximum atomic E-state index is 12.5. The van der Waals surface area contributed by atoms with E-state index in [2.05, 4.69) is 24.5 Å². The Hall–Kier alpha value is -2.37.